The Labute approximate surface area is 190 Å². The van der Waals surface area contributed by atoms with Gasteiger partial charge in [-0.1, -0.05) is 31.4 Å². The molecule has 1 fully saturated rings. The molecule has 0 aliphatic heterocycles. The summed E-state index contributed by atoms with van der Waals surface area (Å²) >= 11 is 0. The molecular formula is C22H30Cl2N4O2. The Morgan fingerprint density at radius 3 is 2.47 bits per heavy atom. The van der Waals surface area contributed by atoms with Crippen LogP contribution < -0.4 is 16.4 Å². The van der Waals surface area contributed by atoms with Crippen molar-refractivity contribution in [3.63, 3.8) is 0 Å². The Morgan fingerprint density at radius 1 is 1.03 bits per heavy atom. The highest BCUT2D eigenvalue weighted by atomic mass is 35.5. The zero-order chi connectivity index (χ0) is 19.8. The number of amides is 2. The first kappa shape index (κ1) is 25.9. The zero-order valence-electron chi connectivity index (χ0n) is 16.9. The summed E-state index contributed by atoms with van der Waals surface area (Å²) in [7, 11) is 0. The molecule has 6 nitrogen and oxygen atoms in total. The molecule has 1 aromatic carbocycles. The maximum atomic E-state index is 12.6. The molecule has 0 bridgehead atoms. The van der Waals surface area contributed by atoms with Gasteiger partial charge in [-0.2, -0.15) is 0 Å². The topological polar surface area (TPSA) is 97.1 Å². The zero-order valence-corrected chi connectivity index (χ0v) is 18.6. The third-order valence-electron chi connectivity index (χ3n) is 5.45. The number of aromatic nitrogens is 1. The monoisotopic (exact) mass is 452 g/mol. The molecule has 1 heterocycles. The molecule has 2 amide bonds. The normalized spacial score (nSPS) is 14.6. The summed E-state index contributed by atoms with van der Waals surface area (Å²) < 4.78 is 0. The molecule has 0 radical (unpaired) electrons. The third kappa shape index (κ3) is 7.27. The number of nitrogens with two attached hydrogens (primary N) is 1. The third-order valence-corrected chi connectivity index (χ3v) is 5.45. The fourth-order valence-electron chi connectivity index (χ4n) is 3.81. The van der Waals surface area contributed by atoms with Crippen molar-refractivity contribution in [2.24, 2.45) is 11.1 Å². The molecule has 0 saturated heterocycles. The standard InChI is InChI=1S/C22H28N4O2.2ClH/c23-16-22(10-3-1-4-11-22)14-20(27)26-18-9-6-7-17(13-18)21(28)25-15-19-8-2-5-12-24-19;;/h2,5-9,12-13H,1,3-4,10-11,14-16,23H2,(H,25,28)(H,26,27);2*1H. The molecule has 4 N–H and O–H groups in total. The first-order valence-corrected chi connectivity index (χ1v) is 9.88. The Bertz CT molecular complexity index is 812. The fraction of sp³-hybridized carbons (Fsp3) is 0.409. The smallest absolute Gasteiger partial charge is 0.251 e. The Kier molecular flexibility index (Phi) is 10.8. The fourth-order valence-corrected chi connectivity index (χ4v) is 3.81. The molecule has 8 heteroatoms. The summed E-state index contributed by atoms with van der Waals surface area (Å²) in [6.07, 6.45) is 7.63. The van der Waals surface area contributed by atoms with Gasteiger partial charge >= 0.3 is 0 Å². The summed E-state index contributed by atoms with van der Waals surface area (Å²) in [6, 6.07) is 12.6. The van der Waals surface area contributed by atoms with Gasteiger partial charge in [-0.05, 0) is 55.1 Å². The Morgan fingerprint density at radius 2 is 1.80 bits per heavy atom. The second-order valence-electron chi connectivity index (χ2n) is 7.57. The van der Waals surface area contributed by atoms with Crippen LogP contribution in [-0.4, -0.2) is 23.3 Å². The predicted octanol–water partition coefficient (Wildman–Crippen LogP) is 4.09. The lowest BCUT2D eigenvalue weighted by atomic mass is 9.71. The minimum atomic E-state index is -0.201. The highest BCUT2D eigenvalue weighted by Gasteiger charge is 2.32. The highest BCUT2D eigenvalue weighted by molar-refractivity contribution is 5.97. The van der Waals surface area contributed by atoms with Gasteiger partial charge in [0.05, 0.1) is 12.2 Å². The lowest BCUT2D eigenvalue weighted by molar-refractivity contribution is -0.118. The Balaban J connectivity index is 0.00000225. The van der Waals surface area contributed by atoms with Gasteiger partial charge < -0.3 is 16.4 Å². The second kappa shape index (κ2) is 12.5. The molecule has 3 rings (SSSR count). The van der Waals surface area contributed by atoms with E-state index in [0.717, 1.165) is 31.4 Å². The van der Waals surface area contributed by atoms with Crippen LogP contribution in [0.3, 0.4) is 0 Å². The molecule has 164 valence electrons. The van der Waals surface area contributed by atoms with E-state index in [-0.39, 0.29) is 42.0 Å². The molecule has 1 aliphatic carbocycles. The predicted molar refractivity (Wildman–Crippen MR) is 124 cm³/mol. The number of halogens is 2. The van der Waals surface area contributed by atoms with Gasteiger partial charge in [-0.25, -0.2) is 0 Å². The van der Waals surface area contributed by atoms with Crippen molar-refractivity contribution in [2.45, 2.75) is 45.1 Å². The van der Waals surface area contributed by atoms with E-state index in [1.807, 2.05) is 18.2 Å². The van der Waals surface area contributed by atoms with E-state index in [4.69, 9.17) is 5.73 Å². The number of hydrogen-bond donors (Lipinski definition) is 3. The van der Waals surface area contributed by atoms with E-state index < -0.39 is 0 Å². The number of carbonyl (C=O) groups is 2. The van der Waals surface area contributed by atoms with Crippen molar-refractivity contribution in [3.05, 3.63) is 59.9 Å². The van der Waals surface area contributed by atoms with Crippen molar-refractivity contribution < 1.29 is 9.59 Å². The number of rotatable bonds is 7. The molecule has 0 unspecified atom stereocenters. The van der Waals surface area contributed by atoms with Gasteiger partial charge in [0.25, 0.3) is 5.91 Å². The SMILES string of the molecule is Cl.Cl.NCC1(CC(=O)Nc2cccc(C(=O)NCc3ccccn3)c2)CCCCC1. The largest absolute Gasteiger partial charge is 0.346 e. The first-order valence-electron chi connectivity index (χ1n) is 9.88. The van der Waals surface area contributed by atoms with Crippen LogP contribution in [0, 0.1) is 5.41 Å². The van der Waals surface area contributed by atoms with Gasteiger partial charge in [0, 0.05) is 23.9 Å². The molecule has 1 saturated carbocycles. The minimum absolute atomic E-state index is 0. The van der Waals surface area contributed by atoms with E-state index in [1.165, 1.54) is 6.42 Å². The summed E-state index contributed by atoms with van der Waals surface area (Å²) in [6.45, 7) is 0.895. The first-order chi connectivity index (χ1) is 13.6. The Hall–Kier alpha value is -2.15. The summed E-state index contributed by atoms with van der Waals surface area (Å²) in [5, 5.41) is 5.78. The average molecular weight is 453 g/mol. The van der Waals surface area contributed by atoms with Crippen LogP contribution in [0.5, 0.6) is 0 Å². The van der Waals surface area contributed by atoms with Crippen molar-refractivity contribution in [3.8, 4) is 0 Å². The van der Waals surface area contributed by atoms with E-state index in [0.29, 0.717) is 30.8 Å². The molecule has 1 aromatic heterocycles. The highest BCUT2D eigenvalue weighted by Crippen LogP contribution is 2.38. The van der Waals surface area contributed by atoms with Crippen LogP contribution in [-0.2, 0) is 11.3 Å². The molecular weight excluding hydrogens is 423 g/mol. The van der Waals surface area contributed by atoms with Crippen LogP contribution in [0.2, 0.25) is 0 Å². The molecule has 1 aliphatic rings. The van der Waals surface area contributed by atoms with Crippen molar-refractivity contribution >= 4 is 42.3 Å². The number of carbonyl (C=O) groups excluding carboxylic acids is 2. The average Bonchev–Trinajstić information content (AvgIpc) is 2.73. The van der Waals surface area contributed by atoms with E-state index >= 15 is 0 Å². The molecule has 0 atom stereocenters. The number of nitrogens with zero attached hydrogens (tertiary/aromatic N) is 1. The van der Waals surface area contributed by atoms with Crippen LogP contribution >= 0.6 is 24.8 Å². The van der Waals surface area contributed by atoms with E-state index in [2.05, 4.69) is 15.6 Å². The van der Waals surface area contributed by atoms with Crippen LogP contribution in [0.1, 0.15) is 54.6 Å². The number of hydrogen-bond acceptors (Lipinski definition) is 4. The van der Waals surface area contributed by atoms with E-state index in [9.17, 15) is 9.59 Å². The maximum Gasteiger partial charge on any atom is 0.251 e. The van der Waals surface area contributed by atoms with Gasteiger partial charge in [0.15, 0.2) is 0 Å². The van der Waals surface area contributed by atoms with Crippen LogP contribution in [0.15, 0.2) is 48.7 Å². The number of anilines is 1. The maximum absolute atomic E-state index is 12.6. The second-order valence-corrected chi connectivity index (χ2v) is 7.57. The van der Waals surface area contributed by atoms with Crippen LogP contribution in [0.4, 0.5) is 5.69 Å². The quantitative estimate of drug-likeness (QED) is 0.588. The lowest BCUT2D eigenvalue weighted by Crippen LogP contribution is -2.36. The van der Waals surface area contributed by atoms with Gasteiger partial charge in [-0.15, -0.1) is 24.8 Å². The molecule has 0 spiro atoms. The van der Waals surface area contributed by atoms with Crippen molar-refractivity contribution in [1.82, 2.24) is 10.3 Å². The minimum Gasteiger partial charge on any atom is -0.346 e. The van der Waals surface area contributed by atoms with Crippen molar-refractivity contribution in [1.29, 1.82) is 0 Å². The molecule has 2 aromatic rings. The molecule has 30 heavy (non-hydrogen) atoms. The van der Waals surface area contributed by atoms with Gasteiger partial charge in [0.2, 0.25) is 5.91 Å². The lowest BCUT2D eigenvalue weighted by Gasteiger charge is -2.35. The number of nitrogens with one attached hydrogen (secondary N) is 2. The van der Waals surface area contributed by atoms with Crippen LogP contribution in [0.25, 0.3) is 0 Å². The van der Waals surface area contributed by atoms with Crippen molar-refractivity contribution in [2.75, 3.05) is 11.9 Å². The van der Waals surface area contributed by atoms with E-state index in [1.54, 1.807) is 30.5 Å². The number of benzene rings is 1. The van der Waals surface area contributed by atoms with Gasteiger partial charge in [0.1, 0.15) is 0 Å². The summed E-state index contributed by atoms with van der Waals surface area (Å²) in [5.74, 6) is -0.245. The number of pyridine rings is 1. The summed E-state index contributed by atoms with van der Waals surface area (Å²) in [4.78, 5) is 29.2. The summed E-state index contributed by atoms with van der Waals surface area (Å²) in [5.41, 5.74) is 7.82. The van der Waals surface area contributed by atoms with Gasteiger partial charge in [-0.3, -0.25) is 14.6 Å².